The number of aliphatic hydroxyl groups is 1. The van der Waals surface area contributed by atoms with Gasteiger partial charge in [-0.2, -0.15) is 14.9 Å². The number of benzene rings is 2. The van der Waals surface area contributed by atoms with E-state index in [1.807, 2.05) is 45.0 Å². The van der Waals surface area contributed by atoms with E-state index < -0.39 is 17.0 Å². The molecule has 2 aromatic carbocycles. The topological polar surface area (TPSA) is 85.8 Å². The van der Waals surface area contributed by atoms with Crippen molar-refractivity contribution >= 4 is 10.8 Å². The molecule has 0 aliphatic carbocycles. The molecule has 0 radical (unpaired) electrons. The van der Waals surface area contributed by atoms with E-state index in [1.54, 1.807) is 27.0 Å². The number of hydrogen-bond donors (Lipinski definition) is 1. The van der Waals surface area contributed by atoms with Gasteiger partial charge in [-0.25, -0.2) is 14.1 Å². The Kier molecular flexibility index (Phi) is 5.21. The summed E-state index contributed by atoms with van der Waals surface area (Å²) in [4.78, 5) is 17.7. The Morgan fingerprint density at radius 1 is 1.09 bits per heavy atom. The van der Waals surface area contributed by atoms with Crippen LogP contribution < -0.4 is 5.56 Å². The summed E-state index contributed by atoms with van der Waals surface area (Å²) in [7, 11) is 1.64. The highest BCUT2D eigenvalue weighted by molar-refractivity contribution is 5.88. The number of halogens is 1. The molecular weight excluding hydrogens is 409 g/mol. The van der Waals surface area contributed by atoms with E-state index in [2.05, 4.69) is 15.2 Å². The van der Waals surface area contributed by atoms with E-state index in [4.69, 9.17) is 0 Å². The molecule has 166 valence electrons. The van der Waals surface area contributed by atoms with Gasteiger partial charge in [0.05, 0.1) is 22.3 Å². The van der Waals surface area contributed by atoms with Crippen LogP contribution in [-0.4, -0.2) is 29.7 Å². The fraction of sp³-hybridized carbons (Fsp3) is 0.333. The summed E-state index contributed by atoms with van der Waals surface area (Å²) in [6, 6.07) is 10.3. The van der Waals surface area contributed by atoms with Crippen molar-refractivity contribution < 1.29 is 9.50 Å². The minimum absolute atomic E-state index is 0.0182. The lowest BCUT2D eigenvalue weighted by Crippen LogP contribution is -2.24. The van der Waals surface area contributed by atoms with Gasteiger partial charge in [-0.1, -0.05) is 32.0 Å². The zero-order valence-electron chi connectivity index (χ0n) is 19.0. The minimum Gasteiger partial charge on any atom is -0.382 e. The molecule has 2 aromatic heterocycles. The van der Waals surface area contributed by atoms with Gasteiger partial charge < -0.3 is 5.11 Å². The van der Waals surface area contributed by atoms with Crippen molar-refractivity contribution in [1.29, 1.82) is 0 Å². The van der Waals surface area contributed by atoms with E-state index in [-0.39, 0.29) is 22.7 Å². The quantitative estimate of drug-likeness (QED) is 0.524. The molecule has 0 unspecified atom stereocenters. The predicted molar refractivity (Wildman–Crippen MR) is 121 cm³/mol. The van der Waals surface area contributed by atoms with Gasteiger partial charge in [0.15, 0.2) is 11.6 Å². The van der Waals surface area contributed by atoms with Gasteiger partial charge in [-0.05, 0) is 50.5 Å². The van der Waals surface area contributed by atoms with Gasteiger partial charge in [0, 0.05) is 12.4 Å². The van der Waals surface area contributed by atoms with E-state index in [1.165, 1.54) is 15.4 Å². The summed E-state index contributed by atoms with van der Waals surface area (Å²) in [6.07, 6.45) is 0. The molecule has 32 heavy (non-hydrogen) atoms. The van der Waals surface area contributed by atoms with Crippen LogP contribution >= 0.6 is 0 Å². The van der Waals surface area contributed by atoms with E-state index in [9.17, 15) is 9.90 Å². The largest absolute Gasteiger partial charge is 0.382 e. The number of hydrogen-bond acceptors (Lipinski definition) is 5. The molecule has 0 fully saturated rings. The number of fused-ring (bicyclic) bond motifs is 1. The first-order valence-electron chi connectivity index (χ1n) is 10.5. The number of rotatable bonds is 4. The number of aryl methyl sites for hydroxylation is 2. The highest BCUT2D eigenvalue weighted by atomic mass is 19.1. The van der Waals surface area contributed by atoms with Gasteiger partial charge in [0.2, 0.25) is 0 Å². The molecule has 1 N–H and O–H groups in total. The first kappa shape index (κ1) is 21.8. The zero-order chi connectivity index (χ0) is 23.4. The summed E-state index contributed by atoms with van der Waals surface area (Å²) >= 11 is 0. The van der Waals surface area contributed by atoms with Crippen LogP contribution in [0.15, 0.2) is 41.2 Å². The summed E-state index contributed by atoms with van der Waals surface area (Å²) in [5.74, 6) is -0.180. The Hall–Kier alpha value is -3.39. The van der Waals surface area contributed by atoms with Gasteiger partial charge >= 0.3 is 0 Å². The van der Waals surface area contributed by atoms with Gasteiger partial charge in [-0.15, -0.1) is 0 Å². The Morgan fingerprint density at radius 3 is 2.38 bits per heavy atom. The summed E-state index contributed by atoms with van der Waals surface area (Å²) < 4.78 is 18.0. The summed E-state index contributed by atoms with van der Waals surface area (Å²) in [5.41, 5.74) is 0.745. The Labute approximate surface area is 185 Å². The molecule has 4 aromatic rings. The van der Waals surface area contributed by atoms with Crippen LogP contribution in [0.2, 0.25) is 0 Å². The van der Waals surface area contributed by atoms with E-state index in [0.29, 0.717) is 22.6 Å². The maximum absolute atomic E-state index is 15.2. The molecule has 0 amide bonds. The Bertz CT molecular complexity index is 1400. The first-order chi connectivity index (χ1) is 15.0. The maximum atomic E-state index is 15.2. The second kappa shape index (κ2) is 7.63. The predicted octanol–water partition coefficient (Wildman–Crippen LogP) is 3.98. The fourth-order valence-corrected chi connectivity index (χ4v) is 3.88. The Morgan fingerprint density at radius 2 is 1.78 bits per heavy atom. The standard InChI is InChI=1S/C24H26FN5O2/c1-13(2)20-15-11-17(21-26-23(24(4,5)32)29(6)28-21)18(25)12-16(15)22(31)30(27-20)19-10-8-7-9-14(19)3/h7-13,32H,1-6H3. The number of para-hydroxylation sites is 1. The highest BCUT2D eigenvalue weighted by Crippen LogP contribution is 2.30. The number of aromatic nitrogens is 5. The molecule has 0 aliphatic heterocycles. The molecule has 0 saturated carbocycles. The van der Waals surface area contributed by atoms with Crippen molar-refractivity contribution in [2.24, 2.45) is 7.05 Å². The van der Waals surface area contributed by atoms with Gasteiger partial charge in [0.1, 0.15) is 11.4 Å². The van der Waals surface area contributed by atoms with E-state index in [0.717, 1.165) is 5.56 Å². The molecule has 7 nitrogen and oxygen atoms in total. The van der Waals surface area contributed by atoms with Gasteiger partial charge in [0.25, 0.3) is 5.56 Å². The maximum Gasteiger partial charge on any atom is 0.279 e. The van der Waals surface area contributed by atoms with Crippen molar-refractivity contribution in [3.8, 4) is 17.1 Å². The average molecular weight is 436 g/mol. The molecule has 0 bridgehead atoms. The molecule has 0 saturated heterocycles. The van der Waals surface area contributed by atoms with Crippen molar-refractivity contribution in [3.05, 3.63) is 69.7 Å². The van der Waals surface area contributed by atoms with Crippen LogP contribution in [0.3, 0.4) is 0 Å². The van der Waals surface area contributed by atoms with Gasteiger partial charge in [-0.3, -0.25) is 4.79 Å². The van der Waals surface area contributed by atoms with Crippen LogP contribution in [0.25, 0.3) is 27.8 Å². The molecule has 0 atom stereocenters. The minimum atomic E-state index is -1.24. The summed E-state index contributed by atoms with van der Waals surface area (Å²) in [5, 5.41) is 20.1. The third kappa shape index (κ3) is 3.60. The number of nitrogens with zero attached hydrogens (tertiary/aromatic N) is 5. The highest BCUT2D eigenvalue weighted by Gasteiger charge is 2.26. The second-order valence-electron chi connectivity index (χ2n) is 8.86. The third-order valence-electron chi connectivity index (χ3n) is 5.46. The normalized spacial score (nSPS) is 12.2. The average Bonchev–Trinajstić information content (AvgIpc) is 3.10. The van der Waals surface area contributed by atoms with Crippen molar-refractivity contribution in [1.82, 2.24) is 24.5 Å². The fourth-order valence-electron chi connectivity index (χ4n) is 3.88. The molecule has 0 spiro atoms. The molecular formula is C24H26FN5O2. The van der Waals surface area contributed by atoms with Crippen LogP contribution in [0.1, 0.15) is 50.7 Å². The monoisotopic (exact) mass is 435 g/mol. The van der Waals surface area contributed by atoms with Crippen molar-refractivity contribution in [2.75, 3.05) is 0 Å². The van der Waals surface area contributed by atoms with E-state index >= 15 is 4.39 Å². The lowest BCUT2D eigenvalue weighted by molar-refractivity contribution is 0.0648. The zero-order valence-corrected chi connectivity index (χ0v) is 19.0. The SMILES string of the molecule is Cc1ccccc1-n1nc(C(C)C)c2cc(-c3nc(C(C)(C)O)n(C)n3)c(F)cc2c1=O. The van der Waals surface area contributed by atoms with Crippen LogP contribution in [0, 0.1) is 12.7 Å². The second-order valence-corrected chi connectivity index (χ2v) is 8.86. The third-order valence-corrected chi connectivity index (χ3v) is 5.46. The van der Waals surface area contributed by atoms with Crippen LogP contribution in [0.5, 0.6) is 0 Å². The molecule has 4 rings (SSSR count). The molecule has 0 aliphatic rings. The Balaban J connectivity index is 2.01. The lowest BCUT2D eigenvalue weighted by Gasteiger charge is -2.15. The molecule has 2 heterocycles. The van der Waals surface area contributed by atoms with Crippen LogP contribution in [-0.2, 0) is 12.6 Å². The van der Waals surface area contributed by atoms with Crippen molar-refractivity contribution in [2.45, 2.75) is 46.1 Å². The lowest BCUT2D eigenvalue weighted by atomic mass is 10.00. The molecule has 8 heteroatoms. The first-order valence-corrected chi connectivity index (χ1v) is 10.5. The van der Waals surface area contributed by atoms with Crippen LogP contribution in [0.4, 0.5) is 4.39 Å². The van der Waals surface area contributed by atoms with Crippen molar-refractivity contribution in [3.63, 3.8) is 0 Å². The summed E-state index contributed by atoms with van der Waals surface area (Å²) in [6.45, 7) is 9.03. The smallest absolute Gasteiger partial charge is 0.279 e.